The van der Waals surface area contributed by atoms with E-state index in [0.717, 1.165) is 35.4 Å². The number of amides is 1. The van der Waals surface area contributed by atoms with Crippen molar-refractivity contribution < 1.29 is 13.9 Å². The first-order chi connectivity index (χ1) is 14.9. The van der Waals surface area contributed by atoms with Gasteiger partial charge in [0.1, 0.15) is 17.6 Å². The number of hydrogen-bond acceptors (Lipinski definition) is 5. The number of benzene rings is 1. The Morgan fingerprint density at radius 1 is 1.31 bits per heavy atom. The Labute approximate surface area is 190 Å². The van der Waals surface area contributed by atoms with Crippen LogP contribution in [0.15, 0.2) is 47.4 Å². The molecule has 174 valence electrons. The first-order valence-electron chi connectivity index (χ1n) is 11.0. The highest BCUT2D eigenvalue weighted by Gasteiger charge is 2.38. The standard InChI is InChI=1S/C25H35FN4O2/c1-15-8-7-9-19(26)23(15)17-12-16(2)18(14-21(27)28)20(13-17)30-11-10-22(30)29(6)24(31)32-25(3,4)5/h7-9,13-14,16,22H,10-12,27-28H2,1-6H3/t16-,22?/m0/s1. The highest BCUT2D eigenvalue weighted by molar-refractivity contribution is 5.74. The quantitative estimate of drug-likeness (QED) is 0.719. The minimum Gasteiger partial charge on any atom is -0.444 e. The molecule has 0 bridgehead atoms. The van der Waals surface area contributed by atoms with E-state index in [1.807, 2.05) is 39.8 Å². The van der Waals surface area contributed by atoms with Gasteiger partial charge in [0.2, 0.25) is 0 Å². The van der Waals surface area contributed by atoms with Gasteiger partial charge in [0.15, 0.2) is 0 Å². The van der Waals surface area contributed by atoms with E-state index in [-0.39, 0.29) is 29.8 Å². The molecular weight excluding hydrogens is 407 g/mol. The van der Waals surface area contributed by atoms with E-state index in [0.29, 0.717) is 12.0 Å². The smallest absolute Gasteiger partial charge is 0.411 e. The van der Waals surface area contributed by atoms with E-state index in [1.54, 1.807) is 24.1 Å². The Morgan fingerprint density at radius 2 is 2.00 bits per heavy atom. The predicted octanol–water partition coefficient (Wildman–Crippen LogP) is 4.47. The number of nitrogens with two attached hydrogens (primary N) is 2. The molecule has 0 spiro atoms. The van der Waals surface area contributed by atoms with Crippen molar-refractivity contribution in [3.63, 3.8) is 0 Å². The monoisotopic (exact) mass is 442 g/mol. The zero-order valence-electron chi connectivity index (χ0n) is 19.9. The maximum atomic E-state index is 14.8. The summed E-state index contributed by atoms with van der Waals surface area (Å²) in [7, 11) is 1.75. The second kappa shape index (κ2) is 8.88. The third-order valence-electron chi connectivity index (χ3n) is 5.95. The third kappa shape index (κ3) is 4.92. The van der Waals surface area contributed by atoms with Crippen molar-refractivity contribution in [2.45, 2.75) is 59.2 Å². The van der Waals surface area contributed by atoms with Crippen molar-refractivity contribution >= 4 is 11.7 Å². The summed E-state index contributed by atoms with van der Waals surface area (Å²) in [5, 5.41) is 0. The number of likely N-dealkylation sites (tertiary alicyclic amines) is 1. The Hall–Kier alpha value is -2.96. The number of halogens is 1. The predicted molar refractivity (Wildman–Crippen MR) is 125 cm³/mol. The van der Waals surface area contributed by atoms with Crippen LogP contribution in [0.2, 0.25) is 0 Å². The molecular formula is C25H35FN4O2. The van der Waals surface area contributed by atoms with Crippen molar-refractivity contribution in [3.05, 3.63) is 64.4 Å². The fourth-order valence-corrected chi connectivity index (χ4v) is 4.37. The molecule has 32 heavy (non-hydrogen) atoms. The van der Waals surface area contributed by atoms with Gasteiger partial charge in [-0.1, -0.05) is 19.1 Å². The van der Waals surface area contributed by atoms with E-state index in [2.05, 4.69) is 11.8 Å². The van der Waals surface area contributed by atoms with Crippen molar-refractivity contribution in [2.24, 2.45) is 17.4 Å². The maximum absolute atomic E-state index is 14.8. The van der Waals surface area contributed by atoms with Crippen LogP contribution in [0.5, 0.6) is 0 Å². The molecule has 1 aliphatic carbocycles. The summed E-state index contributed by atoms with van der Waals surface area (Å²) < 4.78 is 20.3. The first-order valence-corrected chi connectivity index (χ1v) is 11.0. The number of carbonyl (C=O) groups excluding carboxylic acids is 1. The van der Waals surface area contributed by atoms with Crippen molar-refractivity contribution in [3.8, 4) is 0 Å². The van der Waals surface area contributed by atoms with Gasteiger partial charge >= 0.3 is 6.09 Å². The molecule has 1 aromatic carbocycles. The number of nitrogens with zero attached hydrogens (tertiary/aromatic N) is 2. The molecule has 1 saturated heterocycles. The average molecular weight is 443 g/mol. The topological polar surface area (TPSA) is 84.8 Å². The molecule has 1 aliphatic heterocycles. The van der Waals surface area contributed by atoms with Crippen LogP contribution in [0.1, 0.15) is 51.7 Å². The average Bonchev–Trinajstić information content (AvgIpc) is 2.61. The Bertz CT molecular complexity index is 966. The van der Waals surface area contributed by atoms with Gasteiger partial charge < -0.3 is 21.1 Å². The van der Waals surface area contributed by atoms with E-state index in [1.165, 1.54) is 6.07 Å². The summed E-state index contributed by atoms with van der Waals surface area (Å²) in [6.07, 6.45) is 4.75. The van der Waals surface area contributed by atoms with Gasteiger partial charge in [-0.15, -0.1) is 0 Å². The fourth-order valence-electron chi connectivity index (χ4n) is 4.37. The van der Waals surface area contributed by atoms with Crippen molar-refractivity contribution in [1.29, 1.82) is 0 Å². The van der Waals surface area contributed by atoms with E-state index in [4.69, 9.17) is 16.2 Å². The van der Waals surface area contributed by atoms with Crippen molar-refractivity contribution in [1.82, 2.24) is 9.80 Å². The van der Waals surface area contributed by atoms with Gasteiger partial charge in [0, 0.05) is 31.3 Å². The molecule has 4 N–H and O–H groups in total. The lowest BCUT2D eigenvalue weighted by molar-refractivity contribution is -0.0246. The molecule has 2 aliphatic rings. The molecule has 1 aromatic rings. The van der Waals surface area contributed by atoms with Crippen LogP contribution >= 0.6 is 0 Å². The summed E-state index contributed by atoms with van der Waals surface area (Å²) in [5.74, 6) is 0.0752. The first kappa shape index (κ1) is 23.7. The fraction of sp³-hybridized carbons (Fsp3) is 0.480. The lowest BCUT2D eigenvalue weighted by Gasteiger charge is -2.49. The molecule has 7 heteroatoms. The summed E-state index contributed by atoms with van der Waals surface area (Å²) >= 11 is 0. The summed E-state index contributed by atoms with van der Waals surface area (Å²) in [4.78, 5) is 16.4. The molecule has 0 radical (unpaired) electrons. The van der Waals surface area contributed by atoms with Gasteiger partial charge in [-0.2, -0.15) is 0 Å². The van der Waals surface area contributed by atoms with Gasteiger partial charge in [0.05, 0.1) is 5.82 Å². The van der Waals surface area contributed by atoms with E-state index >= 15 is 0 Å². The van der Waals surface area contributed by atoms with Crippen LogP contribution in [-0.4, -0.2) is 41.3 Å². The number of rotatable bonds is 4. The number of aryl methyl sites for hydroxylation is 1. The van der Waals surface area contributed by atoms with E-state index < -0.39 is 5.60 Å². The molecule has 1 amide bonds. The summed E-state index contributed by atoms with van der Waals surface area (Å²) in [6, 6.07) is 5.14. The van der Waals surface area contributed by atoms with Gasteiger partial charge in [-0.25, -0.2) is 9.18 Å². The molecule has 2 atom stereocenters. The lowest BCUT2D eigenvalue weighted by Crippen LogP contribution is -2.58. The van der Waals surface area contributed by atoms with Crippen molar-refractivity contribution in [2.75, 3.05) is 13.6 Å². The SMILES string of the molecule is Cc1cccc(F)c1C1=CC(N2CCC2N(C)C(=O)OC(C)(C)C)=C(C=C(N)N)[C@@H](C)C1. The number of ether oxygens (including phenoxy) is 1. The zero-order valence-corrected chi connectivity index (χ0v) is 19.9. The maximum Gasteiger partial charge on any atom is 0.411 e. The van der Waals surface area contributed by atoms with Crippen LogP contribution in [0.4, 0.5) is 9.18 Å². The van der Waals surface area contributed by atoms with Gasteiger partial charge in [-0.3, -0.25) is 4.90 Å². The van der Waals surface area contributed by atoms with Crippen LogP contribution in [0, 0.1) is 18.7 Å². The van der Waals surface area contributed by atoms with Crippen LogP contribution in [-0.2, 0) is 4.74 Å². The minimum atomic E-state index is -0.574. The molecule has 0 saturated carbocycles. The second-order valence-corrected chi connectivity index (χ2v) is 9.75. The number of carbonyl (C=O) groups is 1. The largest absolute Gasteiger partial charge is 0.444 e. The second-order valence-electron chi connectivity index (χ2n) is 9.75. The lowest BCUT2D eigenvalue weighted by atomic mass is 9.81. The Balaban J connectivity index is 2.02. The molecule has 1 unspecified atom stereocenters. The Kier molecular flexibility index (Phi) is 6.58. The minimum absolute atomic E-state index is 0.0826. The summed E-state index contributed by atoms with van der Waals surface area (Å²) in [5.41, 5.74) is 15.5. The molecule has 6 nitrogen and oxygen atoms in total. The Morgan fingerprint density at radius 3 is 2.53 bits per heavy atom. The highest BCUT2D eigenvalue weighted by Crippen LogP contribution is 2.41. The third-order valence-corrected chi connectivity index (χ3v) is 5.95. The van der Waals surface area contributed by atoms with Gasteiger partial charge in [0.25, 0.3) is 0 Å². The van der Waals surface area contributed by atoms with Crippen LogP contribution in [0.25, 0.3) is 5.57 Å². The van der Waals surface area contributed by atoms with Crippen LogP contribution < -0.4 is 11.5 Å². The normalized spacial score (nSPS) is 21.0. The number of hydrogen-bond donors (Lipinski definition) is 2. The van der Waals surface area contributed by atoms with E-state index in [9.17, 15) is 9.18 Å². The molecule has 3 rings (SSSR count). The summed E-state index contributed by atoms with van der Waals surface area (Å²) in [6.45, 7) is 10.3. The molecule has 0 aromatic heterocycles. The van der Waals surface area contributed by atoms with Crippen LogP contribution in [0.3, 0.4) is 0 Å². The molecule has 1 heterocycles. The zero-order chi connectivity index (χ0) is 23.8. The highest BCUT2D eigenvalue weighted by atomic mass is 19.1. The van der Waals surface area contributed by atoms with Gasteiger partial charge in [-0.05, 0) is 75.0 Å². The molecule has 1 fully saturated rings. The number of allylic oxidation sites excluding steroid dienone is 4.